The van der Waals surface area contributed by atoms with E-state index < -0.39 is 49.2 Å². The second-order valence-corrected chi connectivity index (χ2v) is 20.8. The van der Waals surface area contributed by atoms with Gasteiger partial charge in [0.05, 0.1) is 59.8 Å². The first-order valence-corrected chi connectivity index (χ1v) is 27.3. The number of carboxylic acids is 2. The predicted octanol–water partition coefficient (Wildman–Crippen LogP) is 12.1. The molecule has 6 aromatic carbocycles. The number of carbonyl (C=O) groups is 4. The van der Waals surface area contributed by atoms with Crippen LogP contribution in [0.5, 0.6) is 0 Å². The molecule has 8 N–H and O–H groups in total. The van der Waals surface area contributed by atoms with E-state index in [2.05, 4.69) is 10.6 Å². The molecule has 4 atom stereocenters. The number of aliphatic carboxylic acids is 2. The number of anilines is 2. The van der Waals surface area contributed by atoms with Gasteiger partial charge in [-0.15, -0.1) is 0 Å². The van der Waals surface area contributed by atoms with E-state index in [-0.39, 0.29) is 152 Å². The second kappa shape index (κ2) is 33.0. The number of carbonyl (C=O) groups excluding carboxylic acids is 2. The molecule has 2 heterocycles. The summed E-state index contributed by atoms with van der Waals surface area (Å²) in [5, 5.41) is 65.6. The van der Waals surface area contributed by atoms with Gasteiger partial charge in [-0.3, -0.25) is 19.2 Å². The molecule has 2 aromatic heterocycles. The van der Waals surface area contributed by atoms with Crippen molar-refractivity contribution in [3.8, 4) is 44.8 Å². The van der Waals surface area contributed by atoms with Gasteiger partial charge in [-0.1, -0.05) is 125 Å². The number of carboxylic acid groups (broad SMARTS) is 2. The number of nitrogens with zero attached hydrogens (tertiary/aromatic N) is 2. The number of benzene rings is 6. The minimum absolute atomic E-state index is 0. The van der Waals surface area contributed by atoms with E-state index in [1.54, 1.807) is 24.3 Å². The molecule has 0 aliphatic rings. The van der Waals surface area contributed by atoms with Crippen molar-refractivity contribution in [2.45, 2.75) is 116 Å². The van der Waals surface area contributed by atoms with Crippen LogP contribution in [0.4, 0.5) is 20.2 Å². The molecule has 18 heteroatoms. The van der Waals surface area contributed by atoms with Gasteiger partial charge in [-0.2, -0.15) is 0 Å². The molecule has 2 amide bonds. The molecule has 0 unspecified atom stereocenters. The third-order valence-corrected chi connectivity index (χ3v) is 13.9. The van der Waals surface area contributed by atoms with Crippen molar-refractivity contribution < 1.29 is 61.5 Å². The van der Waals surface area contributed by atoms with Crippen LogP contribution in [0.3, 0.4) is 0 Å². The first-order valence-electron chi connectivity index (χ1n) is 27.3. The summed E-state index contributed by atoms with van der Waals surface area (Å²) in [5.74, 6) is -3.87. The summed E-state index contributed by atoms with van der Waals surface area (Å²) in [6.07, 6.45) is -5.01. The van der Waals surface area contributed by atoms with Crippen LogP contribution in [-0.2, 0) is 22.7 Å². The van der Waals surface area contributed by atoms with Crippen molar-refractivity contribution in [3.63, 3.8) is 0 Å². The fraction of sp³-hybridized carbons (Fsp3) is 0.273. The maximum atomic E-state index is 14.0. The molecule has 2 radical (unpaired) electrons. The average molecular weight is 1200 g/mol. The van der Waals surface area contributed by atoms with Gasteiger partial charge >= 0.3 is 49.7 Å². The summed E-state index contributed by atoms with van der Waals surface area (Å²) in [4.78, 5) is 50.0. The molecule has 14 nitrogen and oxygen atoms in total. The first-order chi connectivity index (χ1) is 39.3. The molecule has 0 aliphatic heterocycles. The number of amides is 2. The number of halogens is 2. The molecule has 84 heavy (non-hydrogen) atoms. The number of hydrogen-bond donors (Lipinski definition) is 8. The minimum atomic E-state index is -1.18. The smallest absolute Gasteiger partial charge is 1.00 e. The maximum absolute atomic E-state index is 14.0. The molecule has 0 saturated heterocycles. The van der Waals surface area contributed by atoms with Crippen molar-refractivity contribution in [2.24, 2.45) is 0 Å². The van der Waals surface area contributed by atoms with Gasteiger partial charge < -0.3 is 53.3 Å². The van der Waals surface area contributed by atoms with Crippen LogP contribution < -0.4 is 10.6 Å². The van der Waals surface area contributed by atoms with E-state index in [9.17, 15) is 48.4 Å². The van der Waals surface area contributed by atoms with Crippen LogP contribution in [-0.4, -0.2) is 163 Å². The fourth-order valence-electron chi connectivity index (χ4n) is 10.4. The zero-order valence-corrected chi connectivity index (χ0v) is 52.1. The maximum Gasteiger partial charge on any atom is 2.00 e. The average Bonchev–Trinajstić information content (AvgIpc) is 1.82. The van der Waals surface area contributed by atoms with Gasteiger partial charge in [-0.25, -0.2) is 8.78 Å². The van der Waals surface area contributed by atoms with Gasteiger partial charge in [0.2, 0.25) is 0 Å². The van der Waals surface area contributed by atoms with E-state index in [0.717, 1.165) is 22.5 Å². The van der Waals surface area contributed by atoms with Gasteiger partial charge in [-0.05, 0) is 133 Å². The summed E-state index contributed by atoms with van der Waals surface area (Å²) in [6, 6.07) is 49.6. The Balaban J connectivity index is 0.000000430. The van der Waals surface area contributed by atoms with Crippen molar-refractivity contribution >= 4 is 111 Å². The molecule has 434 valence electrons. The topological polar surface area (TPSA) is 224 Å². The molecule has 0 spiro atoms. The number of aliphatic hydroxyl groups excluding tert-OH is 4. The van der Waals surface area contributed by atoms with Crippen molar-refractivity contribution in [1.82, 2.24) is 9.13 Å². The summed E-state index contributed by atoms with van der Waals surface area (Å²) in [5.41, 5.74) is 9.55. The molecule has 8 aromatic rings. The molecule has 0 saturated carbocycles. The summed E-state index contributed by atoms with van der Waals surface area (Å²) >= 11 is 0. The Morgan fingerprint density at radius 1 is 0.452 bits per heavy atom. The van der Waals surface area contributed by atoms with Crippen LogP contribution in [0.15, 0.2) is 170 Å². The van der Waals surface area contributed by atoms with E-state index >= 15 is 0 Å². The number of aliphatic hydroxyl groups is 4. The Morgan fingerprint density at radius 2 is 0.750 bits per heavy atom. The Labute approximate surface area is 551 Å². The van der Waals surface area contributed by atoms with Gasteiger partial charge in [0.15, 0.2) is 0 Å². The van der Waals surface area contributed by atoms with Crippen LogP contribution in [0.25, 0.3) is 44.8 Å². The molecule has 0 fully saturated rings. The number of rotatable bonds is 24. The molecular weight excluding hydrogens is 1130 g/mol. The van der Waals surface area contributed by atoms with Crippen LogP contribution in [0, 0.1) is 11.6 Å². The zero-order chi connectivity index (χ0) is 59.0. The van der Waals surface area contributed by atoms with E-state index in [4.69, 9.17) is 10.2 Å². The van der Waals surface area contributed by atoms with Crippen molar-refractivity contribution in [1.29, 1.82) is 0 Å². The van der Waals surface area contributed by atoms with Crippen LogP contribution in [0.1, 0.15) is 113 Å². The Kier molecular flexibility index (Phi) is 27.0. The number of nitrogens with one attached hydrogen (secondary N) is 2. The Hall–Kier alpha value is -6.02. The van der Waals surface area contributed by atoms with Crippen LogP contribution >= 0.6 is 0 Å². The molecule has 0 aliphatic carbocycles. The fourth-order valence-corrected chi connectivity index (χ4v) is 10.4. The van der Waals surface area contributed by atoms with Crippen molar-refractivity contribution in [3.05, 3.63) is 204 Å². The van der Waals surface area contributed by atoms with E-state index in [1.165, 1.54) is 24.3 Å². The van der Waals surface area contributed by atoms with E-state index in [1.807, 2.05) is 158 Å². The first kappa shape index (κ1) is 68.8. The van der Waals surface area contributed by atoms with E-state index in [0.29, 0.717) is 56.1 Å². The monoisotopic (exact) mass is 1200 g/mol. The van der Waals surface area contributed by atoms with Crippen molar-refractivity contribution in [2.75, 3.05) is 10.6 Å². The SMILES string of the molecule is CC(C)c1c(C(=O)Nc2ccccc2)c(-c2ccccc2)c(-c2ccc(F)cc2)n1CC[C@@H](O)C[C@@H](O)CC(=O)O.CC(C)c1c(C(=O)Nc2ccccc2)c(-c2ccccc2)c(-c2ccc(F)cc2)n1CC[C@@H](O)C[C@@H](O)CC(=O)O.[Ca+2].[Ca].[H-].[H-]. The second-order valence-electron chi connectivity index (χ2n) is 20.8. The number of hydrogen-bond acceptors (Lipinski definition) is 8. The Morgan fingerprint density at radius 3 is 1.04 bits per heavy atom. The van der Waals surface area contributed by atoms with Gasteiger partial charge in [0.1, 0.15) is 11.6 Å². The summed E-state index contributed by atoms with van der Waals surface area (Å²) in [7, 11) is 0. The van der Waals surface area contributed by atoms with Crippen LogP contribution in [0.2, 0.25) is 0 Å². The molecular formula is C66H72Ca2F2N4O10. The molecule has 8 rings (SSSR count). The zero-order valence-electron chi connectivity index (χ0n) is 49.7. The Bertz CT molecular complexity index is 3190. The third kappa shape index (κ3) is 18.5. The largest absolute Gasteiger partial charge is 2.00 e. The minimum Gasteiger partial charge on any atom is -1.00 e. The number of aromatic nitrogens is 2. The predicted molar refractivity (Wildman–Crippen MR) is 328 cm³/mol. The number of para-hydroxylation sites is 2. The van der Waals surface area contributed by atoms with Gasteiger partial charge in [0.25, 0.3) is 11.8 Å². The third-order valence-electron chi connectivity index (χ3n) is 13.9. The summed E-state index contributed by atoms with van der Waals surface area (Å²) < 4.78 is 32.0. The van der Waals surface area contributed by atoms with Gasteiger partial charge in [0, 0.05) is 84.7 Å². The quantitative estimate of drug-likeness (QED) is 0.0267. The standard InChI is InChI=1S/2C33H35FN2O5.2Ca.2H/c2*1-21(2)31-30(33(41)35-25-11-7-4-8-12-25)29(22-9-5-3-6-10-22)32(23-13-15-24(34)16-14-23)36(31)18-17-26(37)19-27(38)20-28(39)40;;;;/h2*3-16,21,26-27,37-38H,17-20H2,1-2H3,(H,35,41)(H,39,40);;;;/q;;;+2;2*-1/t2*26-,27-;;;;/m11..../s1. The molecule has 0 bridgehead atoms. The normalized spacial score (nSPS) is 12.4. The summed E-state index contributed by atoms with van der Waals surface area (Å²) in [6.45, 7) is 8.50.